The van der Waals surface area contributed by atoms with Gasteiger partial charge in [-0.15, -0.1) is 16.4 Å². The summed E-state index contributed by atoms with van der Waals surface area (Å²) in [6.07, 6.45) is -1.65. The smallest absolute Gasteiger partial charge is 0.303 e. The van der Waals surface area contributed by atoms with Gasteiger partial charge in [-0.2, -0.15) is 0 Å². The fraction of sp³-hybridized carbons (Fsp3) is 0.391. The van der Waals surface area contributed by atoms with Crippen LogP contribution in [-0.2, 0) is 33.3 Å². The maximum absolute atomic E-state index is 12.3. The molecular formula is C23H22Cl2N4O8S2. The number of hydrogen-bond donors (Lipinski definition) is 1. The van der Waals surface area contributed by atoms with Gasteiger partial charge in [0.2, 0.25) is 5.88 Å². The molecule has 2 aromatic heterocycles. The van der Waals surface area contributed by atoms with E-state index >= 15 is 0 Å². The molecule has 0 aliphatic carbocycles. The van der Waals surface area contributed by atoms with Crippen molar-refractivity contribution in [2.24, 2.45) is 0 Å². The summed E-state index contributed by atoms with van der Waals surface area (Å²) >= 11 is 14.6. The second-order valence-electron chi connectivity index (χ2n) is 8.27. The third-order valence-corrected chi connectivity index (χ3v) is 8.07. The highest BCUT2D eigenvalue weighted by Gasteiger charge is 2.52. The highest BCUT2D eigenvalue weighted by atomic mass is 35.5. The lowest BCUT2D eigenvalue weighted by Gasteiger charge is -2.44. The lowest BCUT2D eigenvalue weighted by atomic mass is 9.96. The molecule has 0 radical (unpaired) electrons. The Morgan fingerprint density at radius 3 is 2.44 bits per heavy atom. The predicted molar refractivity (Wildman–Crippen MR) is 141 cm³/mol. The molecule has 1 aliphatic heterocycles. The minimum Gasteiger partial charge on any atom is -0.493 e. The first kappa shape index (κ1) is 29.1. The second-order valence-corrected chi connectivity index (χ2v) is 11.1. The number of carbonyl (C=O) groups is 3. The van der Waals surface area contributed by atoms with E-state index in [0.717, 1.165) is 11.3 Å². The standard InChI is InChI=1S/C23H22Cl2N4O8S2/c1-10(30)34-8-17-20(35-11(2)31)19(29-7-16(27-28-29)22-26-18(33)9-38-22)21(36-12(3)32)23(37-17)39-13-4-5-14(24)15(25)6-13/h4-7,9,17,19-21,23,33H,8H2,1-3H3/t17?,19?,20-,21-,23+/m0/s1. The fourth-order valence-corrected chi connectivity index (χ4v) is 6.01. The van der Waals surface area contributed by atoms with Crippen molar-refractivity contribution in [3.05, 3.63) is 39.8 Å². The number of aromatic hydroxyl groups is 1. The van der Waals surface area contributed by atoms with Crippen LogP contribution in [0.5, 0.6) is 5.88 Å². The van der Waals surface area contributed by atoms with Crippen LogP contribution < -0.4 is 0 Å². The number of thiazole rings is 1. The van der Waals surface area contributed by atoms with Crippen LogP contribution in [0.4, 0.5) is 0 Å². The van der Waals surface area contributed by atoms with Crippen LogP contribution in [-0.4, -0.2) is 73.3 Å². The Morgan fingerprint density at radius 2 is 1.82 bits per heavy atom. The van der Waals surface area contributed by atoms with Crippen LogP contribution >= 0.6 is 46.3 Å². The van der Waals surface area contributed by atoms with Crippen molar-refractivity contribution in [3.8, 4) is 16.6 Å². The van der Waals surface area contributed by atoms with Crippen LogP contribution in [0, 0.1) is 0 Å². The minimum absolute atomic E-state index is 0.175. The quantitative estimate of drug-likeness (QED) is 0.288. The maximum Gasteiger partial charge on any atom is 0.303 e. The number of ether oxygens (including phenoxy) is 4. The summed E-state index contributed by atoms with van der Waals surface area (Å²) in [6.45, 7) is 3.41. The molecule has 1 saturated heterocycles. The molecule has 1 N–H and O–H groups in total. The van der Waals surface area contributed by atoms with E-state index < -0.39 is 47.7 Å². The van der Waals surface area contributed by atoms with E-state index in [4.69, 9.17) is 42.1 Å². The van der Waals surface area contributed by atoms with E-state index in [1.807, 2.05) is 0 Å². The van der Waals surface area contributed by atoms with Gasteiger partial charge in [-0.25, -0.2) is 9.67 Å². The lowest BCUT2D eigenvalue weighted by molar-refractivity contribution is -0.212. The van der Waals surface area contributed by atoms with Gasteiger partial charge in [-0.3, -0.25) is 14.4 Å². The van der Waals surface area contributed by atoms with Crippen molar-refractivity contribution in [2.75, 3.05) is 6.61 Å². The molecule has 0 spiro atoms. The van der Waals surface area contributed by atoms with Crippen molar-refractivity contribution in [1.82, 2.24) is 20.0 Å². The monoisotopic (exact) mass is 616 g/mol. The average molecular weight is 617 g/mol. The molecule has 1 aromatic carbocycles. The summed E-state index contributed by atoms with van der Waals surface area (Å²) in [6, 6.07) is 3.98. The summed E-state index contributed by atoms with van der Waals surface area (Å²) in [7, 11) is 0. The van der Waals surface area contributed by atoms with Crippen molar-refractivity contribution in [2.45, 2.75) is 55.5 Å². The molecule has 3 aromatic rings. The van der Waals surface area contributed by atoms with Crippen molar-refractivity contribution >= 4 is 64.2 Å². The molecule has 1 aliphatic rings. The molecule has 3 heterocycles. The molecule has 4 rings (SSSR count). The molecule has 0 bridgehead atoms. The zero-order valence-electron chi connectivity index (χ0n) is 20.6. The van der Waals surface area contributed by atoms with Crippen LogP contribution in [0.25, 0.3) is 10.7 Å². The largest absolute Gasteiger partial charge is 0.493 e. The molecule has 16 heteroatoms. The Morgan fingerprint density at radius 1 is 1.10 bits per heavy atom. The number of benzene rings is 1. The third-order valence-electron chi connectivity index (χ3n) is 5.34. The number of halogens is 2. The van der Waals surface area contributed by atoms with Gasteiger partial charge in [0.05, 0.1) is 21.6 Å². The Hall–Kier alpha value is -2.91. The molecule has 0 saturated carbocycles. The zero-order valence-corrected chi connectivity index (χ0v) is 23.8. The number of esters is 3. The Balaban J connectivity index is 1.79. The van der Waals surface area contributed by atoms with Crippen LogP contribution in [0.1, 0.15) is 26.8 Å². The molecular weight excluding hydrogens is 595 g/mol. The fourth-order valence-electron chi connectivity index (χ4n) is 3.87. The van der Waals surface area contributed by atoms with Gasteiger partial charge in [-0.05, 0) is 18.2 Å². The summed E-state index contributed by atoms with van der Waals surface area (Å²) in [4.78, 5) is 40.7. The van der Waals surface area contributed by atoms with Gasteiger partial charge < -0.3 is 24.1 Å². The molecule has 0 amide bonds. The zero-order chi connectivity index (χ0) is 28.3. The van der Waals surface area contributed by atoms with E-state index in [-0.39, 0.29) is 12.5 Å². The first-order valence-electron chi connectivity index (χ1n) is 11.3. The number of nitrogens with zero attached hydrogens (tertiary/aromatic N) is 4. The Bertz CT molecular complexity index is 1370. The van der Waals surface area contributed by atoms with Gasteiger partial charge in [-0.1, -0.05) is 40.2 Å². The molecule has 5 atom stereocenters. The Kier molecular flexibility index (Phi) is 9.33. The lowest BCUT2D eigenvalue weighted by Crippen LogP contribution is -2.57. The average Bonchev–Trinajstić information content (AvgIpc) is 3.50. The summed E-state index contributed by atoms with van der Waals surface area (Å²) < 4.78 is 24.2. The second kappa shape index (κ2) is 12.5. The van der Waals surface area contributed by atoms with Gasteiger partial charge in [0.15, 0.2) is 12.2 Å². The van der Waals surface area contributed by atoms with E-state index in [1.54, 1.807) is 18.2 Å². The van der Waals surface area contributed by atoms with Crippen LogP contribution in [0.3, 0.4) is 0 Å². The highest BCUT2D eigenvalue weighted by molar-refractivity contribution is 7.99. The van der Waals surface area contributed by atoms with Crippen LogP contribution in [0.15, 0.2) is 34.7 Å². The minimum atomic E-state index is -1.11. The van der Waals surface area contributed by atoms with E-state index in [2.05, 4.69) is 15.3 Å². The number of aromatic nitrogens is 4. The van der Waals surface area contributed by atoms with Crippen molar-refractivity contribution < 1.29 is 38.4 Å². The van der Waals surface area contributed by atoms with Gasteiger partial charge in [0.1, 0.15) is 34.9 Å². The van der Waals surface area contributed by atoms with E-state index in [9.17, 15) is 19.5 Å². The molecule has 208 valence electrons. The van der Waals surface area contributed by atoms with Gasteiger partial charge in [0.25, 0.3) is 0 Å². The summed E-state index contributed by atoms with van der Waals surface area (Å²) in [5, 5.41) is 20.5. The highest BCUT2D eigenvalue weighted by Crippen LogP contribution is 2.42. The topological polar surface area (TPSA) is 152 Å². The third kappa shape index (κ3) is 7.19. The van der Waals surface area contributed by atoms with E-state index in [1.165, 1.54) is 48.8 Å². The van der Waals surface area contributed by atoms with Crippen LogP contribution in [0.2, 0.25) is 10.0 Å². The molecule has 1 fully saturated rings. The van der Waals surface area contributed by atoms with Crippen molar-refractivity contribution in [1.29, 1.82) is 0 Å². The number of thioether (sulfide) groups is 1. The number of hydrogen-bond acceptors (Lipinski definition) is 13. The number of rotatable bonds is 8. The van der Waals surface area contributed by atoms with Crippen molar-refractivity contribution in [3.63, 3.8) is 0 Å². The summed E-state index contributed by atoms with van der Waals surface area (Å²) in [5.41, 5.74) is -0.583. The van der Waals surface area contributed by atoms with Gasteiger partial charge in [0, 0.05) is 25.7 Å². The summed E-state index contributed by atoms with van der Waals surface area (Å²) in [5.74, 6) is -2.02. The van der Waals surface area contributed by atoms with E-state index in [0.29, 0.717) is 25.6 Å². The Labute approximate surface area is 240 Å². The van der Waals surface area contributed by atoms with Gasteiger partial charge >= 0.3 is 17.9 Å². The first-order valence-corrected chi connectivity index (χ1v) is 13.8. The normalized spacial score (nSPS) is 22.7. The first-order chi connectivity index (χ1) is 18.5. The molecule has 2 unspecified atom stereocenters. The predicted octanol–water partition coefficient (Wildman–Crippen LogP) is 3.90. The molecule has 12 nitrogen and oxygen atoms in total. The number of carbonyl (C=O) groups excluding carboxylic acids is 3. The maximum atomic E-state index is 12.3. The molecule has 39 heavy (non-hydrogen) atoms. The SMILES string of the molecule is CC(=O)OCC1O[C@H](Sc2ccc(Cl)c(Cl)c2)[C@@H](OC(C)=O)C(n2cc(-c3nc(O)cs3)nn2)[C@H]1OC(C)=O.